The van der Waals surface area contributed by atoms with Crippen molar-refractivity contribution in [2.24, 2.45) is 0 Å². The predicted molar refractivity (Wildman–Crippen MR) is 72.9 cm³/mol. The third-order valence-electron chi connectivity index (χ3n) is 3.16. The van der Waals surface area contributed by atoms with E-state index in [1.54, 1.807) is 12.1 Å². The molecule has 0 aliphatic carbocycles. The topological polar surface area (TPSA) is 75.3 Å². The monoisotopic (exact) mass is 282 g/mol. The number of hydrogen-bond acceptors (Lipinski definition) is 4. The van der Waals surface area contributed by atoms with Crippen molar-refractivity contribution < 1.29 is 13.2 Å². The molecule has 0 aromatic heterocycles. The van der Waals surface area contributed by atoms with Gasteiger partial charge in [0.1, 0.15) is 0 Å². The molecule has 1 amide bonds. The summed E-state index contributed by atoms with van der Waals surface area (Å²) in [6.45, 7) is 1.74. The third-order valence-corrected chi connectivity index (χ3v) is 4.27. The van der Waals surface area contributed by atoms with Gasteiger partial charge in [0.15, 0.2) is 9.84 Å². The van der Waals surface area contributed by atoms with E-state index in [0.29, 0.717) is 5.56 Å². The Morgan fingerprint density at radius 2 is 2.21 bits per heavy atom. The van der Waals surface area contributed by atoms with Crippen molar-refractivity contribution in [2.75, 3.05) is 19.3 Å². The number of piperidine rings is 1. The van der Waals surface area contributed by atoms with Crippen LogP contribution in [0, 0.1) is 0 Å². The van der Waals surface area contributed by atoms with Gasteiger partial charge in [0.2, 0.25) is 0 Å². The summed E-state index contributed by atoms with van der Waals surface area (Å²) in [7, 11) is -3.28. The highest BCUT2D eigenvalue weighted by Gasteiger charge is 2.17. The Hall–Kier alpha value is -1.40. The Labute approximate surface area is 113 Å². The normalized spacial score (nSPS) is 19.9. The first-order valence-electron chi connectivity index (χ1n) is 6.28. The first-order chi connectivity index (χ1) is 8.97. The fourth-order valence-electron chi connectivity index (χ4n) is 2.11. The molecule has 2 N–H and O–H groups in total. The quantitative estimate of drug-likeness (QED) is 0.850. The molecule has 0 radical (unpaired) electrons. The van der Waals surface area contributed by atoms with Crippen molar-refractivity contribution in [1.29, 1.82) is 0 Å². The summed E-state index contributed by atoms with van der Waals surface area (Å²) in [4.78, 5) is 12.2. The van der Waals surface area contributed by atoms with Gasteiger partial charge in [-0.25, -0.2) is 8.42 Å². The van der Waals surface area contributed by atoms with Crippen LogP contribution in [0.25, 0.3) is 0 Å². The molecule has 1 atom stereocenters. The number of sulfone groups is 1. The van der Waals surface area contributed by atoms with E-state index < -0.39 is 9.84 Å². The zero-order chi connectivity index (χ0) is 13.9. The van der Waals surface area contributed by atoms with Crippen LogP contribution in [-0.4, -0.2) is 39.7 Å². The van der Waals surface area contributed by atoms with Crippen molar-refractivity contribution in [2.45, 2.75) is 23.8 Å². The van der Waals surface area contributed by atoms with Crippen molar-refractivity contribution in [3.8, 4) is 0 Å². The minimum absolute atomic E-state index is 0.114. The zero-order valence-electron chi connectivity index (χ0n) is 10.8. The molecule has 1 aromatic carbocycles. The zero-order valence-corrected chi connectivity index (χ0v) is 11.7. The van der Waals surface area contributed by atoms with Gasteiger partial charge >= 0.3 is 0 Å². The van der Waals surface area contributed by atoms with Crippen molar-refractivity contribution in [3.05, 3.63) is 29.8 Å². The number of rotatable bonds is 3. The maximum atomic E-state index is 12.1. The molecule has 1 aliphatic rings. The molecule has 6 heteroatoms. The van der Waals surface area contributed by atoms with Crippen LogP contribution in [0.15, 0.2) is 29.2 Å². The summed E-state index contributed by atoms with van der Waals surface area (Å²) in [6.07, 6.45) is 3.12. The van der Waals surface area contributed by atoms with Gasteiger partial charge < -0.3 is 10.6 Å². The van der Waals surface area contributed by atoms with Crippen LogP contribution in [0.5, 0.6) is 0 Å². The van der Waals surface area contributed by atoms with Crippen LogP contribution in [0.3, 0.4) is 0 Å². The average molecular weight is 282 g/mol. The van der Waals surface area contributed by atoms with Crippen LogP contribution in [0.1, 0.15) is 23.2 Å². The molecule has 0 unspecified atom stereocenters. The molecular formula is C13H18N2O3S. The van der Waals surface area contributed by atoms with Gasteiger partial charge in [0.05, 0.1) is 4.90 Å². The van der Waals surface area contributed by atoms with E-state index in [4.69, 9.17) is 0 Å². The highest BCUT2D eigenvalue weighted by Crippen LogP contribution is 2.12. The lowest BCUT2D eigenvalue weighted by molar-refractivity contribution is 0.0930. The lowest BCUT2D eigenvalue weighted by atomic mass is 10.1. The van der Waals surface area contributed by atoms with Crippen LogP contribution in [0.2, 0.25) is 0 Å². The molecule has 2 rings (SSSR count). The fourth-order valence-corrected chi connectivity index (χ4v) is 2.78. The molecule has 5 nitrogen and oxygen atoms in total. The Morgan fingerprint density at radius 3 is 2.84 bits per heavy atom. The standard InChI is InChI=1S/C13H18N2O3S/c1-19(17,18)12-6-2-4-10(8-12)13(16)15-11-5-3-7-14-9-11/h2,4,6,8,11,14H,3,5,7,9H2,1H3,(H,15,16)/t11-/m1/s1. The largest absolute Gasteiger partial charge is 0.348 e. The van der Waals surface area contributed by atoms with Gasteiger partial charge in [0, 0.05) is 24.4 Å². The maximum Gasteiger partial charge on any atom is 0.251 e. The van der Waals surface area contributed by atoms with Gasteiger partial charge in [-0.05, 0) is 37.6 Å². The number of amides is 1. The van der Waals surface area contributed by atoms with Crippen molar-refractivity contribution in [1.82, 2.24) is 10.6 Å². The van der Waals surface area contributed by atoms with Crippen LogP contribution < -0.4 is 10.6 Å². The highest BCUT2D eigenvalue weighted by molar-refractivity contribution is 7.90. The molecule has 1 aliphatic heterocycles. The molecule has 1 heterocycles. The van der Waals surface area contributed by atoms with Gasteiger partial charge in [-0.3, -0.25) is 4.79 Å². The Morgan fingerprint density at radius 1 is 1.42 bits per heavy atom. The summed E-state index contributed by atoms with van der Waals surface area (Å²) in [6, 6.07) is 6.24. The summed E-state index contributed by atoms with van der Waals surface area (Å²) < 4.78 is 22.9. The maximum absolute atomic E-state index is 12.1. The van der Waals surface area contributed by atoms with Crippen LogP contribution in [-0.2, 0) is 9.84 Å². The number of carbonyl (C=O) groups excluding carboxylic acids is 1. The van der Waals surface area contributed by atoms with E-state index in [1.165, 1.54) is 12.1 Å². The van der Waals surface area contributed by atoms with Crippen LogP contribution >= 0.6 is 0 Å². The van der Waals surface area contributed by atoms with Gasteiger partial charge in [-0.15, -0.1) is 0 Å². The smallest absolute Gasteiger partial charge is 0.251 e. The lowest BCUT2D eigenvalue weighted by Gasteiger charge is -2.23. The van der Waals surface area contributed by atoms with Crippen molar-refractivity contribution in [3.63, 3.8) is 0 Å². The van der Waals surface area contributed by atoms with E-state index >= 15 is 0 Å². The molecule has 1 aromatic rings. The summed E-state index contributed by atoms with van der Waals surface area (Å²) >= 11 is 0. The first kappa shape index (κ1) is 14.0. The molecule has 0 bridgehead atoms. The molecular weight excluding hydrogens is 264 g/mol. The summed E-state index contributed by atoms with van der Waals surface area (Å²) in [5.41, 5.74) is 0.383. The van der Waals surface area contributed by atoms with Gasteiger partial charge in [-0.1, -0.05) is 6.07 Å². The molecule has 19 heavy (non-hydrogen) atoms. The summed E-state index contributed by atoms with van der Waals surface area (Å²) in [5, 5.41) is 6.13. The Balaban J connectivity index is 2.10. The minimum Gasteiger partial charge on any atom is -0.348 e. The van der Waals surface area contributed by atoms with Crippen LogP contribution in [0.4, 0.5) is 0 Å². The van der Waals surface area contributed by atoms with Gasteiger partial charge in [-0.2, -0.15) is 0 Å². The van der Waals surface area contributed by atoms with Crippen molar-refractivity contribution >= 4 is 15.7 Å². The molecule has 0 saturated carbocycles. The second kappa shape index (κ2) is 5.71. The van der Waals surface area contributed by atoms with E-state index in [2.05, 4.69) is 10.6 Å². The Bertz CT molecular complexity index is 563. The van der Waals surface area contributed by atoms with E-state index in [0.717, 1.165) is 32.2 Å². The number of nitrogens with one attached hydrogen (secondary N) is 2. The highest BCUT2D eigenvalue weighted by atomic mass is 32.2. The number of hydrogen-bond donors (Lipinski definition) is 2. The average Bonchev–Trinajstić information content (AvgIpc) is 2.39. The minimum atomic E-state index is -3.28. The molecule has 104 valence electrons. The molecule has 1 saturated heterocycles. The first-order valence-corrected chi connectivity index (χ1v) is 8.17. The SMILES string of the molecule is CS(=O)(=O)c1cccc(C(=O)N[C@@H]2CCCNC2)c1. The molecule has 0 spiro atoms. The second-order valence-electron chi connectivity index (χ2n) is 4.82. The number of benzene rings is 1. The van der Waals surface area contributed by atoms with Gasteiger partial charge in [0.25, 0.3) is 5.91 Å². The van der Waals surface area contributed by atoms with E-state index in [1.807, 2.05) is 0 Å². The van der Waals surface area contributed by atoms with E-state index in [9.17, 15) is 13.2 Å². The second-order valence-corrected chi connectivity index (χ2v) is 6.83. The van der Waals surface area contributed by atoms with E-state index in [-0.39, 0.29) is 16.8 Å². The Kier molecular flexibility index (Phi) is 4.21. The number of carbonyl (C=O) groups is 1. The lowest BCUT2D eigenvalue weighted by Crippen LogP contribution is -2.45. The third kappa shape index (κ3) is 3.78. The summed E-state index contributed by atoms with van der Waals surface area (Å²) in [5.74, 6) is -0.223. The predicted octanol–water partition coefficient (Wildman–Crippen LogP) is 0.572. The molecule has 1 fully saturated rings. The fraction of sp³-hybridized carbons (Fsp3) is 0.462.